The highest BCUT2D eigenvalue weighted by Crippen LogP contribution is 2.29. The Morgan fingerprint density at radius 1 is 1.53 bits per heavy atom. The first-order valence-electron chi connectivity index (χ1n) is 6.69. The highest BCUT2D eigenvalue weighted by Gasteiger charge is 2.23. The normalized spacial score (nSPS) is 18.9. The summed E-state index contributed by atoms with van der Waals surface area (Å²) in [6.07, 6.45) is 2.09. The van der Waals surface area contributed by atoms with Crippen molar-refractivity contribution in [3.63, 3.8) is 0 Å². The predicted octanol–water partition coefficient (Wildman–Crippen LogP) is 3.39. The van der Waals surface area contributed by atoms with Crippen LogP contribution >= 0.6 is 11.8 Å². The molecule has 0 aromatic heterocycles. The molecule has 0 unspecified atom stereocenters. The maximum atomic E-state index is 13.3. The lowest BCUT2D eigenvalue weighted by Crippen LogP contribution is -2.35. The second-order valence-corrected chi connectivity index (χ2v) is 5.97. The third-order valence-corrected chi connectivity index (χ3v) is 4.59. The van der Waals surface area contributed by atoms with Gasteiger partial charge >= 0.3 is 0 Å². The van der Waals surface area contributed by atoms with Crippen LogP contribution in [0.15, 0.2) is 18.2 Å². The molecule has 1 aromatic rings. The van der Waals surface area contributed by atoms with E-state index in [1.807, 2.05) is 6.07 Å². The van der Waals surface area contributed by atoms with Crippen molar-refractivity contribution in [2.75, 3.05) is 24.6 Å². The molecule has 0 amide bonds. The summed E-state index contributed by atoms with van der Waals surface area (Å²) in [4.78, 5) is 2.41. The van der Waals surface area contributed by atoms with Crippen LogP contribution in [-0.4, -0.2) is 29.5 Å². The summed E-state index contributed by atoms with van der Waals surface area (Å²) in [5, 5.41) is 8.47. The van der Waals surface area contributed by atoms with Gasteiger partial charge in [0.1, 0.15) is 5.82 Å². The van der Waals surface area contributed by atoms with Crippen LogP contribution in [-0.2, 0) is 6.42 Å². The number of nitrogens with zero attached hydrogens (tertiary/aromatic N) is 2. The molecule has 19 heavy (non-hydrogen) atoms. The molecule has 0 spiro atoms. The molecule has 1 heterocycles. The van der Waals surface area contributed by atoms with Crippen molar-refractivity contribution < 1.29 is 4.39 Å². The van der Waals surface area contributed by atoms with Crippen molar-refractivity contribution in [1.82, 2.24) is 4.90 Å². The Kier molecular flexibility index (Phi) is 5.24. The number of hydrogen-bond donors (Lipinski definition) is 0. The lowest BCUT2D eigenvalue weighted by atomic mass is 9.93. The summed E-state index contributed by atoms with van der Waals surface area (Å²) in [6.45, 7) is 4.22. The molecule has 1 aromatic carbocycles. The second kappa shape index (κ2) is 6.93. The number of halogens is 1. The van der Waals surface area contributed by atoms with Gasteiger partial charge < -0.3 is 0 Å². The first-order valence-corrected chi connectivity index (χ1v) is 7.85. The third kappa shape index (κ3) is 3.71. The van der Waals surface area contributed by atoms with Gasteiger partial charge in [-0.05, 0) is 55.3 Å². The Bertz CT molecular complexity index is 470. The topological polar surface area (TPSA) is 27.0 Å². The van der Waals surface area contributed by atoms with Gasteiger partial charge in [0, 0.05) is 12.6 Å². The van der Waals surface area contributed by atoms with Gasteiger partial charge in [-0.15, -0.1) is 11.8 Å². The fourth-order valence-corrected chi connectivity index (χ4v) is 3.20. The molecule has 0 saturated heterocycles. The number of thioether (sulfide) groups is 1. The number of rotatable bonds is 5. The maximum Gasteiger partial charge on any atom is 0.123 e. The van der Waals surface area contributed by atoms with E-state index >= 15 is 0 Å². The van der Waals surface area contributed by atoms with E-state index < -0.39 is 0 Å². The third-order valence-electron chi connectivity index (χ3n) is 3.67. The van der Waals surface area contributed by atoms with E-state index in [2.05, 4.69) is 17.9 Å². The number of benzene rings is 1. The van der Waals surface area contributed by atoms with Gasteiger partial charge in [0.2, 0.25) is 0 Å². The van der Waals surface area contributed by atoms with Crippen LogP contribution in [0.3, 0.4) is 0 Å². The van der Waals surface area contributed by atoms with Crippen LogP contribution in [0.5, 0.6) is 0 Å². The molecule has 0 fully saturated rings. The van der Waals surface area contributed by atoms with Gasteiger partial charge in [0.25, 0.3) is 0 Å². The van der Waals surface area contributed by atoms with E-state index in [1.165, 1.54) is 5.56 Å². The van der Waals surface area contributed by atoms with Gasteiger partial charge in [-0.1, -0.05) is 6.07 Å². The molecule has 0 N–H and O–H groups in total. The first kappa shape index (κ1) is 14.4. The van der Waals surface area contributed by atoms with Crippen LogP contribution < -0.4 is 0 Å². The Morgan fingerprint density at radius 2 is 2.37 bits per heavy atom. The fourth-order valence-electron chi connectivity index (χ4n) is 2.63. The van der Waals surface area contributed by atoms with E-state index in [9.17, 15) is 4.39 Å². The highest BCUT2D eigenvalue weighted by atomic mass is 32.2. The van der Waals surface area contributed by atoms with E-state index in [0.717, 1.165) is 37.2 Å². The average Bonchev–Trinajstić information content (AvgIpc) is 2.41. The standard InChI is InChI=1S/C15H19FN2S/c1-12-15-11-14(16)4-3-13(15)5-8-18(12)7-2-9-19-10-6-17/h3-4,11-12H,2,5,7-10H2,1H3/t12-/m1/s1. The molecule has 0 bridgehead atoms. The number of hydrogen-bond acceptors (Lipinski definition) is 3. The molecule has 1 aliphatic rings. The molecule has 0 radical (unpaired) electrons. The molecule has 102 valence electrons. The van der Waals surface area contributed by atoms with Gasteiger partial charge in [0.15, 0.2) is 0 Å². The lowest BCUT2D eigenvalue weighted by molar-refractivity contribution is 0.199. The van der Waals surface area contributed by atoms with Crippen molar-refractivity contribution in [3.05, 3.63) is 35.1 Å². The van der Waals surface area contributed by atoms with Gasteiger partial charge in [-0.3, -0.25) is 4.90 Å². The Morgan fingerprint density at radius 3 is 3.16 bits per heavy atom. The fraction of sp³-hybridized carbons (Fsp3) is 0.533. The summed E-state index contributed by atoms with van der Waals surface area (Å²) < 4.78 is 13.3. The van der Waals surface area contributed by atoms with Crippen molar-refractivity contribution in [2.45, 2.75) is 25.8 Å². The maximum absolute atomic E-state index is 13.3. The van der Waals surface area contributed by atoms with Crippen LogP contribution in [0.1, 0.15) is 30.5 Å². The molecular weight excluding hydrogens is 259 g/mol. The van der Waals surface area contributed by atoms with Crippen LogP contribution in [0.4, 0.5) is 4.39 Å². The summed E-state index contributed by atoms with van der Waals surface area (Å²) in [5.74, 6) is 1.45. The summed E-state index contributed by atoms with van der Waals surface area (Å²) in [5.41, 5.74) is 2.42. The van der Waals surface area contributed by atoms with Crippen molar-refractivity contribution in [1.29, 1.82) is 5.26 Å². The monoisotopic (exact) mass is 278 g/mol. The summed E-state index contributed by atoms with van der Waals surface area (Å²) in [6, 6.07) is 7.58. The minimum atomic E-state index is -0.142. The molecule has 2 nitrogen and oxygen atoms in total. The molecule has 1 atom stereocenters. The van der Waals surface area contributed by atoms with Gasteiger partial charge in [-0.2, -0.15) is 5.26 Å². The van der Waals surface area contributed by atoms with Crippen molar-refractivity contribution in [3.8, 4) is 6.07 Å². The van der Waals surface area contributed by atoms with Crippen molar-refractivity contribution >= 4 is 11.8 Å². The zero-order valence-electron chi connectivity index (χ0n) is 11.2. The molecule has 1 aliphatic heterocycles. The zero-order valence-corrected chi connectivity index (χ0v) is 12.0. The Balaban J connectivity index is 1.90. The molecule has 0 aliphatic carbocycles. The van der Waals surface area contributed by atoms with E-state index in [1.54, 1.807) is 23.9 Å². The predicted molar refractivity (Wildman–Crippen MR) is 77.6 cm³/mol. The first-order chi connectivity index (χ1) is 9.22. The number of fused-ring (bicyclic) bond motifs is 1. The number of nitriles is 1. The smallest absolute Gasteiger partial charge is 0.123 e. The van der Waals surface area contributed by atoms with Crippen LogP contribution in [0.2, 0.25) is 0 Å². The van der Waals surface area contributed by atoms with E-state index in [0.29, 0.717) is 11.8 Å². The van der Waals surface area contributed by atoms with Gasteiger partial charge in [-0.25, -0.2) is 4.39 Å². The second-order valence-electron chi connectivity index (χ2n) is 4.87. The lowest BCUT2D eigenvalue weighted by Gasteiger charge is -2.35. The van der Waals surface area contributed by atoms with Crippen LogP contribution in [0.25, 0.3) is 0 Å². The molecule has 2 rings (SSSR count). The van der Waals surface area contributed by atoms with Crippen LogP contribution in [0, 0.1) is 17.1 Å². The van der Waals surface area contributed by atoms with Gasteiger partial charge in [0.05, 0.1) is 11.8 Å². The Labute approximate surface area is 118 Å². The molecule has 4 heteroatoms. The quantitative estimate of drug-likeness (QED) is 0.773. The SMILES string of the molecule is C[C@@H]1c2cc(F)ccc2CCN1CCCSCC#N. The van der Waals surface area contributed by atoms with E-state index in [-0.39, 0.29) is 5.82 Å². The highest BCUT2D eigenvalue weighted by molar-refractivity contribution is 7.99. The largest absolute Gasteiger partial charge is 0.296 e. The summed E-state index contributed by atoms with van der Waals surface area (Å²) >= 11 is 1.68. The minimum Gasteiger partial charge on any atom is -0.296 e. The van der Waals surface area contributed by atoms with Crippen molar-refractivity contribution in [2.24, 2.45) is 0 Å². The average molecular weight is 278 g/mol. The summed E-state index contributed by atoms with van der Waals surface area (Å²) in [7, 11) is 0. The van der Waals surface area contributed by atoms with E-state index in [4.69, 9.17) is 5.26 Å². The molecular formula is C15H19FN2S. The Hall–Kier alpha value is -1.05. The minimum absolute atomic E-state index is 0.142. The zero-order chi connectivity index (χ0) is 13.7. The molecule has 0 saturated carbocycles.